The fourth-order valence-electron chi connectivity index (χ4n) is 11.2. The van der Waals surface area contributed by atoms with E-state index in [1.54, 1.807) is 0 Å². The molecule has 0 radical (unpaired) electrons. The second-order valence-electron chi connectivity index (χ2n) is 14.9. The Hall–Kier alpha value is -0.300. The van der Waals surface area contributed by atoms with E-state index in [4.69, 9.17) is 0 Å². The van der Waals surface area contributed by atoms with Gasteiger partial charge in [0.25, 0.3) is 0 Å². The van der Waals surface area contributed by atoms with E-state index in [1.165, 1.54) is 69.8 Å². The molecule has 5 aliphatic rings. The molecule has 0 aromatic heterocycles. The minimum Gasteiger partial charge on any atom is -0.393 e. The zero-order valence-corrected chi connectivity index (χ0v) is 22.4. The fourth-order valence-corrected chi connectivity index (χ4v) is 11.2. The molecule has 0 saturated heterocycles. The molecule has 5 fully saturated rings. The van der Waals surface area contributed by atoms with Crippen LogP contribution >= 0.6 is 0 Å². The van der Waals surface area contributed by atoms with Crippen LogP contribution in [0.3, 0.4) is 0 Å². The van der Waals surface area contributed by atoms with Crippen molar-refractivity contribution in [1.82, 2.24) is 0 Å². The molecule has 9 atom stereocenters. The first-order valence-electron chi connectivity index (χ1n) is 14.2. The van der Waals surface area contributed by atoms with Gasteiger partial charge in [0.05, 0.1) is 6.10 Å². The molecule has 1 heteroatoms. The van der Waals surface area contributed by atoms with E-state index in [1.807, 2.05) is 0 Å². The predicted octanol–water partition coefficient (Wildman–Crippen LogP) is 8.41. The maximum Gasteiger partial charge on any atom is 0.0594 e. The average Bonchev–Trinajstić information content (AvgIpc) is 3.31. The second kappa shape index (κ2) is 7.11. The Bertz CT molecular complexity index is 779. The third-order valence-corrected chi connectivity index (χ3v) is 13.6. The van der Waals surface area contributed by atoms with Gasteiger partial charge in [0.1, 0.15) is 0 Å². The molecule has 2 spiro atoms. The molecule has 32 heavy (non-hydrogen) atoms. The molecular formula is C31H52O. The maximum absolute atomic E-state index is 10.9. The lowest BCUT2D eigenvalue weighted by Crippen LogP contribution is -2.57. The third kappa shape index (κ3) is 2.73. The zero-order valence-electron chi connectivity index (χ0n) is 22.4. The molecule has 1 N–H and O–H groups in total. The summed E-state index contributed by atoms with van der Waals surface area (Å²) in [6.45, 7) is 21.8. The summed E-state index contributed by atoms with van der Waals surface area (Å²) in [5.41, 5.74) is 3.79. The second-order valence-corrected chi connectivity index (χ2v) is 14.9. The first-order valence-corrected chi connectivity index (χ1v) is 14.2. The minimum absolute atomic E-state index is 0.0888. The highest BCUT2D eigenvalue weighted by atomic mass is 16.3. The fraction of sp³-hybridized carbons (Fsp3) is 0.935. The van der Waals surface area contributed by atoms with Gasteiger partial charge in [0, 0.05) is 0 Å². The number of fused-ring (bicyclic) bond motifs is 2. The Morgan fingerprint density at radius 2 is 1.50 bits per heavy atom. The van der Waals surface area contributed by atoms with Crippen molar-refractivity contribution in [3.05, 3.63) is 12.2 Å². The Kier molecular flexibility index (Phi) is 5.21. The maximum atomic E-state index is 10.9. The van der Waals surface area contributed by atoms with E-state index in [0.29, 0.717) is 27.6 Å². The molecule has 0 aromatic rings. The van der Waals surface area contributed by atoms with E-state index in [0.717, 1.165) is 30.1 Å². The lowest BCUT2D eigenvalue weighted by atomic mass is 9.41. The molecule has 0 amide bonds. The Balaban J connectivity index is 1.39. The van der Waals surface area contributed by atoms with Gasteiger partial charge in [-0.15, -0.1) is 0 Å². The minimum atomic E-state index is -0.0888. The van der Waals surface area contributed by atoms with Crippen LogP contribution in [0.4, 0.5) is 0 Å². The first kappa shape index (κ1) is 23.4. The molecule has 0 aromatic carbocycles. The summed E-state index contributed by atoms with van der Waals surface area (Å²) in [4.78, 5) is 0. The third-order valence-electron chi connectivity index (χ3n) is 13.6. The molecule has 5 aliphatic carbocycles. The van der Waals surface area contributed by atoms with Crippen LogP contribution in [-0.4, -0.2) is 11.2 Å². The predicted molar refractivity (Wildman–Crippen MR) is 135 cm³/mol. The van der Waals surface area contributed by atoms with Crippen LogP contribution in [0.2, 0.25) is 0 Å². The number of allylic oxidation sites excluding steroid dienone is 1. The van der Waals surface area contributed by atoms with Gasteiger partial charge in [-0.2, -0.15) is 0 Å². The summed E-state index contributed by atoms with van der Waals surface area (Å²) in [6.07, 6.45) is 15.0. The van der Waals surface area contributed by atoms with Gasteiger partial charge in [0.15, 0.2) is 0 Å². The van der Waals surface area contributed by atoms with Gasteiger partial charge in [-0.3, -0.25) is 0 Å². The van der Waals surface area contributed by atoms with Crippen LogP contribution in [0.1, 0.15) is 119 Å². The molecule has 182 valence electrons. The van der Waals surface area contributed by atoms with Crippen molar-refractivity contribution in [1.29, 1.82) is 0 Å². The normalized spacial score (nSPS) is 51.9. The van der Waals surface area contributed by atoms with Crippen LogP contribution in [0.25, 0.3) is 0 Å². The van der Waals surface area contributed by atoms with Crippen molar-refractivity contribution in [2.24, 2.45) is 56.7 Å². The molecule has 0 unspecified atom stereocenters. The number of aliphatic hydroxyl groups excluding tert-OH is 1. The number of rotatable bonds is 5. The number of aliphatic hydroxyl groups is 1. The van der Waals surface area contributed by atoms with Crippen molar-refractivity contribution >= 4 is 0 Å². The van der Waals surface area contributed by atoms with Gasteiger partial charge in [0.2, 0.25) is 0 Å². The largest absolute Gasteiger partial charge is 0.393 e. The van der Waals surface area contributed by atoms with Crippen molar-refractivity contribution in [3.8, 4) is 0 Å². The lowest BCUT2D eigenvalue weighted by molar-refractivity contribution is -0.161. The molecule has 5 saturated carbocycles. The standard InChI is InChI=1S/C31H52O/c1-20(2)21(3)9-10-22(4)23-13-15-29(8)25-12-11-24-27(5,6)26(32)14-16-30(24)19-31(25,30)18-17-28(23,29)7/h20,22-26,32H,3,9-19H2,1-2,4-8H3/t22-,23-,24+,25+,26+,28-,29+,30-,31+/m1/s1. The Labute approximate surface area is 199 Å². The van der Waals surface area contributed by atoms with E-state index in [9.17, 15) is 5.11 Å². The van der Waals surface area contributed by atoms with Crippen molar-refractivity contribution in [3.63, 3.8) is 0 Å². The summed E-state index contributed by atoms with van der Waals surface area (Å²) in [5.74, 6) is 4.02. The SMILES string of the molecule is C=C(CC[C@@H](C)[C@H]1CC[C@@]2(C)[C@@H]3CC[C@H]4C(C)(C)[C@@H](O)CC[C@@]45C[C@@]35CC[C@]12C)C(C)C. The molecular weight excluding hydrogens is 388 g/mol. The molecule has 1 nitrogen and oxygen atoms in total. The van der Waals surface area contributed by atoms with Gasteiger partial charge in [-0.1, -0.05) is 60.6 Å². The topological polar surface area (TPSA) is 20.2 Å². The number of hydrogen-bond acceptors (Lipinski definition) is 1. The van der Waals surface area contributed by atoms with Gasteiger partial charge < -0.3 is 5.11 Å². The number of hydrogen-bond donors (Lipinski definition) is 1. The zero-order chi connectivity index (χ0) is 23.3. The van der Waals surface area contributed by atoms with Crippen LogP contribution in [0.15, 0.2) is 12.2 Å². The highest BCUT2D eigenvalue weighted by molar-refractivity contribution is 5.30. The molecule has 0 aliphatic heterocycles. The molecule has 5 rings (SSSR count). The Morgan fingerprint density at radius 3 is 2.19 bits per heavy atom. The van der Waals surface area contributed by atoms with Gasteiger partial charge >= 0.3 is 0 Å². The quantitative estimate of drug-likeness (QED) is 0.425. The first-order chi connectivity index (χ1) is 14.9. The van der Waals surface area contributed by atoms with Crippen LogP contribution in [0.5, 0.6) is 0 Å². The van der Waals surface area contributed by atoms with Crippen molar-refractivity contribution in [2.45, 2.75) is 125 Å². The average molecular weight is 441 g/mol. The van der Waals surface area contributed by atoms with Crippen LogP contribution in [-0.2, 0) is 0 Å². The van der Waals surface area contributed by atoms with E-state index >= 15 is 0 Å². The molecule has 0 bridgehead atoms. The smallest absolute Gasteiger partial charge is 0.0594 e. The van der Waals surface area contributed by atoms with Crippen LogP contribution in [0, 0.1) is 56.7 Å². The van der Waals surface area contributed by atoms with E-state index < -0.39 is 0 Å². The van der Waals surface area contributed by atoms with E-state index in [-0.39, 0.29) is 11.5 Å². The monoisotopic (exact) mass is 440 g/mol. The van der Waals surface area contributed by atoms with Gasteiger partial charge in [-0.05, 0) is 127 Å². The summed E-state index contributed by atoms with van der Waals surface area (Å²) in [6, 6.07) is 0. The highest BCUT2D eigenvalue weighted by Crippen LogP contribution is 2.89. The summed E-state index contributed by atoms with van der Waals surface area (Å²) < 4.78 is 0. The summed E-state index contributed by atoms with van der Waals surface area (Å²) in [5, 5.41) is 10.9. The van der Waals surface area contributed by atoms with Crippen LogP contribution < -0.4 is 0 Å². The van der Waals surface area contributed by atoms with Gasteiger partial charge in [-0.25, -0.2) is 0 Å². The molecule has 0 heterocycles. The van der Waals surface area contributed by atoms with Crippen molar-refractivity contribution in [2.75, 3.05) is 0 Å². The summed E-state index contributed by atoms with van der Waals surface area (Å²) >= 11 is 0. The highest BCUT2D eigenvalue weighted by Gasteiger charge is 2.82. The summed E-state index contributed by atoms with van der Waals surface area (Å²) in [7, 11) is 0. The Morgan fingerprint density at radius 1 is 0.844 bits per heavy atom. The lowest BCUT2D eigenvalue weighted by Gasteiger charge is -2.63. The van der Waals surface area contributed by atoms with E-state index in [2.05, 4.69) is 55.0 Å². The van der Waals surface area contributed by atoms with Crippen molar-refractivity contribution < 1.29 is 5.11 Å².